The van der Waals surface area contributed by atoms with Crippen LogP contribution in [0.1, 0.15) is 22.2 Å². The molecule has 2 aromatic heterocycles. The fraction of sp³-hybridized carbons (Fsp3) is 0.500. The molecule has 2 aromatic rings. The number of aliphatic hydroxyl groups is 1. The molecule has 8 nitrogen and oxygen atoms in total. The smallest absolute Gasteiger partial charge is 0.261 e. The maximum atomic E-state index is 12.6. The second-order valence-corrected chi connectivity index (χ2v) is 5.85. The fourth-order valence-electron chi connectivity index (χ4n) is 2.88. The molecule has 3 heterocycles. The lowest BCUT2D eigenvalue weighted by molar-refractivity contribution is 0.0484. The number of methoxy groups -OCH3 is 1. The van der Waals surface area contributed by atoms with Crippen molar-refractivity contribution in [1.82, 2.24) is 19.6 Å². The van der Waals surface area contributed by atoms with Crippen LogP contribution >= 0.6 is 12.4 Å². The average Bonchev–Trinajstić information content (AvgIpc) is 3.24. The van der Waals surface area contributed by atoms with Crippen molar-refractivity contribution in [3.8, 4) is 5.88 Å². The highest BCUT2D eigenvalue weighted by Crippen LogP contribution is 2.19. The van der Waals surface area contributed by atoms with E-state index in [1.165, 1.54) is 7.11 Å². The first-order chi connectivity index (χ1) is 11.6. The van der Waals surface area contributed by atoms with Gasteiger partial charge in [-0.05, 0) is 12.1 Å². The Morgan fingerprint density at radius 3 is 2.72 bits per heavy atom. The molecule has 138 valence electrons. The molecule has 0 spiro atoms. The molecule has 1 atom stereocenters. The van der Waals surface area contributed by atoms with Crippen LogP contribution in [0.2, 0.25) is 0 Å². The normalized spacial score (nSPS) is 16.4. The minimum Gasteiger partial charge on any atom is -0.479 e. The molecule has 1 unspecified atom stereocenters. The third-order valence-corrected chi connectivity index (χ3v) is 4.18. The molecule has 1 aliphatic rings. The maximum Gasteiger partial charge on any atom is 0.261 e. The van der Waals surface area contributed by atoms with Crippen LogP contribution in [0.5, 0.6) is 5.88 Å². The summed E-state index contributed by atoms with van der Waals surface area (Å²) in [5.41, 5.74) is 0.476. The second kappa shape index (κ2) is 8.37. The van der Waals surface area contributed by atoms with Gasteiger partial charge in [-0.25, -0.2) is 0 Å². The number of hydrogen-bond donors (Lipinski definition) is 1. The first kappa shape index (κ1) is 19.3. The lowest BCUT2D eigenvalue weighted by Crippen LogP contribution is -2.49. The predicted octanol–water partition coefficient (Wildman–Crippen LogP) is 0.935. The highest BCUT2D eigenvalue weighted by atomic mass is 35.5. The third kappa shape index (κ3) is 4.33. The van der Waals surface area contributed by atoms with Crippen molar-refractivity contribution in [1.29, 1.82) is 0 Å². The van der Waals surface area contributed by atoms with E-state index in [-0.39, 0.29) is 18.3 Å². The van der Waals surface area contributed by atoms with E-state index in [2.05, 4.69) is 10.00 Å². The van der Waals surface area contributed by atoms with Gasteiger partial charge in [0.25, 0.3) is 5.91 Å². The van der Waals surface area contributed by atoms with E-state index in [0.717, 1.165) is 0 Å². The van der Waals surface area contributed by atoms with E-state index < -0.39 is 6.10 Å². The first-order valence-electron chi connectivity index (χ1n) is 7.89. The molecule has 1 aliphatic heterocycles. The number of amides is 1. The van der Waals surface area contributed by atoms with Gasteiger partial charge in [-0.15, -0.1) is 17.5 Å². The van der Waals surface area contributed by atoms with Gasteiger partial charge in [0.2, 0.25) is 5.88 Å². The summed E-state index contributed by atoms with van der Waals surface area (Å²) in [4.78, 5) is 16.5. The van der Waals surface area contributed by atoms with Gasteiger partial charge in [-0.2, -0.15) is 0 Å². The summed E-state index contributed by atoms with van der Waals surface area (Å²) in [6, 6.07) is 3.52. The summed E-state index contributed by atoms with van der Waals surface area (Å²) in [5, 5.41) is 14.3. The number of halogens is 1. The maximum absolute atomic E-state index is 12.6. The number of rotatable bonds is 5. The zero-order valence-corrected chi connectivity index (χ0v) is 15.1. The SMILES string of the molecule is COc1nn(C)cc1C(=O)N1CCN(CC(O)c2ccco2)CC1.Cl. The van der Waals surface area contributed by atoms with Gasteiger partial charge in [0.15, 0.2) is 0 Å². The standard InChI is InChI=1S/C16H22N4O4.ClH/c1-18-10-12(15(17-18)23-2)16(22)20-7-5-19(6-8-20)11-13(21)14-4-3-9-24-14;/h3-4,9-10,13,21H,5-8,11H2,1-2H3;1H. The van der Waals surface area contributed by atoms with Crippen LogP contribution in [-0.4, -0.2) is 70.4 Å². The molecule has 0 bridgehead atoms. The van der Waals surface area contributed by atoms with Crippen molar-refractivity contribution in [3.63, 3.8) is 0 Å². The van der Waals surface area contributed by atoms with Crippen LogP contribution in [0.15, 0.2) is 29.0 Å². The number of aliphatic hydroxyl groups excluding tert-OH is 1. The minimum atomic E-state index is -0.652. The number of aromatic nitrogens is 2. The Bertz CT molecular complexity index is 680. The number of piperazine rings is 1. The summed E-state index contributed by atoms with van der Waals surface area (Å²) in [6.07, 6.45) is 2.57. The Morgan fingerprint density at radius 2 is 2.12 bits per heavy atom. The topological polar surface area (TPSA) is 84.0 Å². The van der Waals surface area contributed by atoms with E-state index in [9.17, 15) is 9.90 Å². The van der Waals surface area contributed by atoms with Gasteiger partial charge in [-0.1, -0.05) is 0 Å². The summed E-state index contributed by atoms with van der Waals surface area (Å²) >= 11 is 0. The molecule has 1 fully saturated rings. The number of furan rings is 1. The Labute approximate surface area is 152 Å². The number of aryl methyl sites for hydroxylation is 1. The van der Waals surface area contributed by atoms with Crippen LogP contribution < -0.4 is 4.74 Å². The molecular weight excluding hydrogens is 348 g/mol. The van der Waals surface area contributed by atoms with Gasteiger partial charge in [0.05, 0.1) is 13.4 Å². The van der Waals surface area contributed by atoms with Crippen LogP contribution in [0, 0.1) is 0 Å². The van der Waals surface area contributed by atoms with E-state index in [1.807, 2.05) is 0 Å². The monoisotopic (exact) mass is 370 g/mol. The first-order valence-corrected chi connectivity index (χ1v) is 7.89. The molecule has 1 N–H and O–H groups in total. The van der Waals surface area contributed by atoms with Gasteiger partial charge >= 0.3 is 0 Å². The number of carbonyl (C=O) groups is 1. The van der Waals surface area contributed by atoms with E-state index in [0.29, 0.717) is 49.9 Å². The van der Waals surface area contributed by atoms with Crippen molar-refractivity contribution in [3.05, 3.63) is 35.9 Å². The predicted molar refractivity (Wildman–Crippen MR) is 93.0 cm³/mol. The summed E-state index contributed by atoms with van der Waals surface area (Å²) in [6.45, 7) is 3.09. The molecule has 0 radical (unpaired) electrons. The quantitative estimate of drug-likeness (QED) is 0.843. The zero-order chi connectivity index (χ0) is 17.1. The van der Waals surface area contributed by atoms with Crippen LogP contribution in [-0.2, 0) is 7.05 Å². The highest BCUT2D eigenvalue weighted by Gasteiger charge is 2.27. The van der Waals surface area contributed by atoms with Crippen LogP contribution in [0.4, 0.5) is 0 Å². The number of nitrogens with zero attached hydrogens (tertiary/aromatic N) is 4. The molecule has 0 saturated carbocycles. The molecule has 1 amide bonds. The molecule has 1 saturated heterocycles. The van der Waals surface area contributed by atoms with Crippen LogP contribution in [0.25, 0.3) is 0 Å². The van der Waals surface area contributed by atoms with E-state index in [4.69, 9.17) is 9.15 Å². The second-order valence-electron chi connectivity index (χ2n) is 5.85. The van der Waals surface area contributed by atoms with Gasteiger partial charge in [0, 0.05) is 46.0 Å². The lowest BCUT2D eigenvalue weighted by atomic mass is 10.2. The van der Waals surface area contributed by atoms with Gasteiger partial charge in [-0.3, -0.25) is 14.4 Å². The molecule has 0 aliphatic carbocycles. The fourth-order valence-corrected chi connectivity index (χ4v) is 2.88. The molecule has 25 heavy (non-hydrogen) atoms. The largest absolute Gasteiger partial charge is 0.479 e. The Kier molecular flexibility index (Phi) is 6.46. The molecule has 3 rings (SSSR count). The minimum absolute atomic E-state index is 0. The van der Waals surface area contributed by atoms with Crippen molar-refractivity contribution < 1.29 is 19.1 Å². The average molecular weight is 371 g/mol. The van der Waals surface area contributed by atoms with Crippen molar-refractivity contribution in [2.45, 2.75) is 6.10 Å². The molecule has 0 aromatic carbocycles. The lowest BCUT2D eigenvalue weighted by Gasteiger charge is -2.35. The molecule has 9 heteroatoms. The Balaban J connectivity index is 0.00000225. The van der Waals surface area contributed by atoms with E-state index in [1.54, 1.807) is 41.2 Å². The highest BCUT2D eigenvalue weighted by molar-refractivity contribution is 5.96. The van der Waals surface area contributed by atoms with Crippen molar-refractivity contribution in [2.24, 2.45) is 7.05 Å². The molecular formula is C16H23ClN4O4. The summed E-state index contributed by atoms with van der Waals surface area (Å²) in [7, 11) is 3.26. The van der Waals surface area contributed by atoms with Crippen molar-refractivity contribution in [2.75, 3.05) is 39.8 Å². The van der Waals surface area contributed by atoms with Crippen LogP contribution in [0.3, 0.4) is 0 Å². The Morgan fingerprint density at radius 1 is 1.40 bits per heavy atom. The van der Waals surface area contributed by atoms with Gasteiger partial charge in [0.1, 0.15) is 17.4 Å². The Hall–Kier alpha value is -2.03. The number of ether oxygens (including phenoxy) is 1. The summed E-state index contributed by atoms with van der Waals surface area (Å²) < 4.78 is 11.9. The zero-order valence-electron chi connectivity index (χ0n) is 14.3. The number of carbonyl (C=O) groups excluding carboxylic acids is 1. The van der Waals surface area contributed by atoms with Crippen molar-refractivity contribution >= 4 is 18.3 Å². The van der Waals surface area contributed by atoms with E-state index >= 15 is 0 Å². The number of β-amino-alcohol motifs (C(OH)–C–C–N with tert-alkyl or cyclic N) is 1. The third-order valence-electron chi connectivity index (χ3n) is 4.18. The summed E-state index contributed by atoms with van der Waals surface area (Å²) in [5.74, 6) is 0.831. The number of hydrogen-bond acceptors (Lipinski definition) is 6. The van der Waals surface area contributed by atoms with Gasteiger partial charge < -0.3 is 19.2 Å².